The van der Waals surface area contributed by atoms with Crippen LogP contribution in [0.15, 0.2) is 0 Å². The second-order valence-electron chi connectivity index (χ2n) is 13.5. The molecule has 8 unspecified atom stereocenters. The van der Waals surface area contributed by atoms with E-state index in [9.17, 15) is 5.11 Å². The van der Waals surface area contributed by atoms with Crippen molar-refractivity contribution in [2.75, 3.05) is 0 Å². The maximum Gasteiger partial charge on any atom is 0.0543 e. The Balaban J connectivity index is 1.36. The third-order valence-electron chi connectivity index (χ3n) is 12.3. The van der Waals surface area contributed by atoms with Gasteiger partial charge < -0.3 is 5.11 Å². The van der Waals surface area contributed by atoms with Crippen LogP contribution < -0.4 is 0 Å². The Bertz CT molecular complexity index is 640. The molecule has 9 atom stereocenters. The van der Waals surface area contributed by atoms with Crippen LogP contribution in [0, 0.1) is 51.2 Å². The second kappa shape index (κ2) is 6.73. The van der Waals surface area contributed by atoms with Crippen LogP contribution in [-0.2, 0) is 0 Å². The number of rotatable bonds is 5. The van der Waals surface area contributed by atoms with E-state index in [1.807, 2.05) is 0 Å². The minimum Gasteiger partial charge on any atom is -0.393 e. The van der Waals surface area contributed by atoms with Crippen molar-refractivity contribution >= 4 is 0 Å². The fourth-order valence-electron chi connectivity index (χ4n) is 10.6. The van der Waals surface area contributed by atoms with Gasteiger partial charge in [0, 0.05) is 0 Å². The van der Waals surface area contributed by atoms with Crippen LogP contribution in [0.4, 0.5) is 0 Å². The van der Waals surface area contributed by atoms with E-state index in [-0.39, 0.29) is 6.10 Å². The van der Waals surface area contributed by atoms with Crippen LogP contribution in [0.25, 0.3) is 0 Å². The molecule has 0 amide bonds. The molecule has 5 aliphatic rings. The zero-order chi connectivity index (χ0) is 20.7. The van der Waals surface area contributed by atoms with Gasteiger partial charge in [0.05, 0.1) is 6.10 Å². The molecular weight excluding hydrogens is 352 g/mol. The van der Waals surface area contributed by atoms with E-state index in [4.69, 9.17) is 0 Å². The largest absolute Gasteiger partial charge is 0.393 e. The third kappa shape index (κ3) is 2.67. The van der Waals surface area contributed by atoms with E-state index in [2.05, 4.69) is 34.6 Å². The molecule has 0 bridgehead atoms. The van der Waals surface area contributed by atoms with Gasteiger partial charge >= 0.3 is 0 Å². The van der Waals surface area contributed by atoms with Gasteiger partial charge in [-0.3, -0.25) is 0 Å². The van der Waals surface area contributed by atoms with Gasteiger partial charge in [0.2, 0.25) is 0 Å². The molecular formula is C28H48O. The molecule has 1 heteroatoms. The normalized spacial score (nSPS) is 54.3. The highest BCUT2D eigenvalue weighted by Crippen LogP contribution is 2.87. The number of aliphatic hydroxyl groups is 1. The standard InChI is InChI=1S/C28H48O/c1-19(2)7-6-8-20(3)23-12-13-26(5)24-10-9-21-17-22(29)11-14-27(21)18-28(24,27)16-15-25(23,26)4/h19-24,29H,6-18H2,1-5H3/t20?,21?,22-,23?,24?,25?,26?,27?,28?/m0/s1. The van der Waals surface area contributed by atoms with Crippen molar-refractivity contribution in [2.24, 2.45) is 51.2 Å². The maximum atomic E-state index is 10.3. The molecule has 0 heterocycles. The van der Waals surface area contributed by atoms with Crippen molar-refractivity contribution in [3.05, 3.63) is 0 Å². The molecule has 5 fully saturated rings. The fraction of sp³-hybridized carbons (Fsp3) is 1.00. The molecule has 1 nitrogen and oxygen atoms in total. The highest BCUT2D eigenvalue weighted by atomic mass is 16.3. The number of hydrogen-bond acceptors (Lipinski definition) is 1. The van der Waals surface area contributed by atoms with Crippen molar-refractivity contribution < 1.29 is 5.11 Å². The Morgan fingerprint density at radius 2 is 1.62 bits per heavy atom. The first kappa shape index (κ1) is 20.8. The summed E-state index contributed by atoms with van der Waals surface area (Å²) >= 11 is 0. The number of aliphatic hydroxyl groups excluding tert-OH is 1. The van der Waals surface area contributed by atoms with Crippen molar-refractivity contribution in [2.45, 2.75) is 124 Å². The predicted molar refractivity (Wildman–Crippen MR) is 122 cm³/mol. The van der Waals surface area contributed by atoms with E-state index in [0.717, 1.165) is 42.4 Å². The molecule has 5 rings (SSSR count). The van der Waals surface area contributed by atoms with Crippen LogP contribution in [0.1, 0.15) is 118 Å². The predicted octanol–water partition coefficient (Wildman–Crippen LogP) is 7.61. The minimum absolute atomic E-state index is 0.00631. The topological polar surface area (TPSA) is 20.2 Å². The Labute approximate surface area is 180 Å². The summed E-state index contributed by atoms with van der Waals surface area (Å²) in [5, 5.41) is 10.3. The SMILES string of the molecule is CC(C)CCCC(C)C1CCC2(C)C3CCC4C[C@@H](O)CCC45CC35CCC12C. The average Bonchev–Trinajstić information content (AvgIpc) is 3.24. The lowest BCUT2D eigenvalue weighted by Gasteiger charge is -2.61. The van der Waals surface area contributed by atoms with E-state index in [1.54, 1.807) is 0 Å². The summed E-state index contributed by atoms with van der Waals surface area (Å²) in [6, 6.07) is 0. The third-order valence-corrected chi connectivity index (χ3v) is 12.3. The van der Waals surface area contributed by atoms with Gasteiger partial charge in [-0.25, -0.2) is 0 Å². The van der Waals surface area contributed by atoms with Gasteiger partial charge in [-0.1, -0.05) is 53.9 Å². The summed E-state index contributed by atoms with van der Waals surface area (Å²) in [7, 11) is 0. The molecule has 29 heavy (non-hydrogen) atoms. The first-order valence-corrected chi connectivity index (χ1v) is 13.4. The molecule has 0 aliphatic heterocycles. The van der Waals surface area contributed by atoms with E-state index in [1.165, 1.54) is 70.6 Å². The average molecular weight is 401 g/mol. The van der Waals surface area contributed by atoms with Crippen LogP contribution in [0.2, 0.25) is 0 Å². The zero-order valence-electron chi connectivity index (χ0n) is 20.1. The summed E-state index contributed by atoms with van der Waals surface area (Å²) in [6.45, 7) is 12.9. The molecule has 1 N–H and O–H groups in total. The van der Waals surface area contributed by atoms with Crippen molar-refractivity contribution in [3.8, 4) is 0 Å². The van der Waals surface area contributed by atoms with Gasteiger partial charge in [-0.2, -0.15) is 0 Å². The van der Waals surface area contributed by atoms with E-state index < -0.39 is 0 Å². The van der Waals surface area contributed by atoms with Gasteiger partial charge in [-0.05, 0) is 115 Å². The molecule has 0 saturated heterocycles. The molecule has 5 aliphatic carbocycles. The van der Waals surface area contributed by atoms with Gasteiger partial charge in [0.1, 0.15) is 0 Å². The molecule has 0 aromatic carbocycles. The minimum atomic E-state index is 0.00631. The van der Waals surface area contributed by atoms with E-state index in [0.29, 0.717) is 21.7 Å². The van der Waals surface area contributed by atoms with Crippen LogP contribution in [0.3, 0.4) is 0 Å². The number of hydrogen-bond donors (Lipinski definition) is 1. The fourth-order valence-corrected chi connectivity index (χ4v) is 10.6. The van der Waals surface area contributed by atoms with E-state index >= 15 is 0 Å². The Hall–Kier alpha value is -0.0400. The molecule has 166 valence electrons. The Kier molecular flexibility index (Phi) is 4.83. The van der Waals surface area contributed by atoms with Crippen molar-refractivity contribution in [3.63, 3.8) is 0 Å². The highest BCUT2D eigenvalue weighted by molar-refractivity contribution is 5.29. The highest BCUT2D eigenvalue weighted by Gasteiger charge is 2.80. The molecule has 2 spiro atoms. The van der Waals surface area contributed by atoms with Gasteiger partial charge in [-0.15, -0.1) is 0 Å². The lowest BCUT2D eigenvalue weighted by Crippen LogP contribution is -2.55. The molecule has 0 aromatic heterocycles. The van der Waals surface area contributed by atoms with Crippen LogP contribution >= 0.6 is 0 Å². The van der Waals surface area contributed by atoms with Crippen molar-refractivity contribution in [1.82, 2.24) is 0 Å². The van der Waals surface area contributed by atoms with Crippen molar-refractivity contribution in [1.29, 1.82) is 0 Å². The molecule has 5 saturated carbocycles. The summed E-state index contributed by atoms with van der Waals surface area (Å²) in [6.07, 6.45) is 18.3. The quantitative estimate of drug-likeness (QED) is 0.503. The Morgan fingerprint density at radius 3 is 2.38 bits per heavy atom. The van der Waals surface area contributed by atoms with Gasteiger partial charge in [0.25, 0.3) is 0 Å². The Morgan fingerprint density at radius 1 is 0.828 bits per heavy atom. The monoisotopic (exact) mass is 400 g/mol. The summed E-state index contributed by atoms with van der Waals surface area (Å²) in [4.78, 5) is 0. The summed E-state index contributed by atoms with van der Waals surface area (Å²) in [5.74, 6) is 4.55. The first-order valence-electron chi connectivity index (χ1n) is 13.4. The maximum absolute atomic E-state index is 10.3. The first-order chi connectivity index (χ1) is 13.7. The van der Waals surface area contributed by atoms with Crippen LogP contribution in [-0.4, -0.2) is 11.2 Å². The number of fused-ring (bicyclic) bond motifs is 2. The summed E-state index contributed by atoms with van der Waals surface area (Å²) in [5.41, 5.74) is 2.48. The second-order valence-corrected chi connectivity index (χ2v) is 13.5. The smallest absolute Gasteiger partial charge is 0.0543 e. The lowest BCUT2D eigenvalue weighted by molar-refractivity contribution is -0.133. The van der Waals surface area contributed by atoms with Gasteiger partial charge in [0.15, 0.2) is 0 Å². The van der Waals surface area contributed by atoms with Crippen LogP contribution in [0.5, 0.6) is 0 Å². The lowest BCUT2D eigenvalue weighted by atomic mass is 9.43. The zero-order valence-corrected chi connectivity index (χ0v) is 20.1. The molecule has 0 aromatic rings. The summed E-state index contributed by atoms with van der Waals surface area (Å²) < 4.78 is 0. The molecule has 0 radical (unpaired) electrons.